The molecule has 76 valence electrons. The molecule has 2 nitrogen and oxygen atoms in total. The van der Waals surface area contributed by atoms with E-state index >= 15 is 0 Å². The SMILES string of the molecule is CCC1(CC)CNCC(C2CC2)O1. The molecular formula is C11H21NO. The molecule has 13 heavy (non-hydrogen) atoms. The van der Waals surface area contributed by atoms with Gasteiger partial charge in [-0.25, -0.2) is 0 Å². The third-order valence-corrected chi connectivity index (χ3v) is 3.63. The van der Waals surface area contributed by atoms with Crippen LogP contribution in [0.15, 0.2) is 0 Å². The molecule has 2 aliphatic rings. The summed E-state index contributed by atoms with van der Waals surface area (Å²) in [7, 11) is 0. The monoisotopic (exact) mass is 183 g/mol. The van der Waals surface area contributed by atoms with Gasteiger partial charge in [-0.05, 0) is 31.6 Å². The van der Waals surface area contributed by atoms with Crippen LogP contribution in [0.4, 0.5) is 0 Å². The molecule has 1 aliphatic carbocycles. The van der Waals surface area contributed by atoms with Crippen LogP contribution in [0.2, 0.25) is 0 Å². The van der Waals surface area contributed by atoms with E-state index in [9.17, 15) is 0 Å². The maximum Gasteiger partial charge on any atom is 0.0805 e. The molecular weight excluding hydrogens is 162 g/mol. The van der Waals surface area contributed by atoms with Crippen LogP contribution in [-0.2, 0) is 4.74 Å². The lowest BCUT2D eigenvalue weighted by atomic mass is 9.94. The first kappa shape index (κ1) is 9.47. The molecule has 2 heteroatoms. The molecule has 1 N–H and O–H groups in total. The van der Waals surface area contributed by atoms with Crippen LogP contribution in [0, 0.1) is 5.92 Å². The van der Waals surface area contributed by atoms with Gasteiger partial charge in [0.2, 0.25) is 0 Å². The molecule has 0 bridgehead atoms. The van der Waals surface area contributed by atoms with Gasteiger partial charge in [-0.2, -0.15) is 0 Å². The Labute approximate surface area is 81.0 Å². The molecule has 0 aromatic carbocycles. The van der Waals surface area contributed by atoms with Gasteiger partial charge < -0.3 is 10.1 Å². The first-order chi connectivity index (χ1) is 6.29. The maximum atomic E-state index is 6.23. The fraction of sp³-hybridized carbons (Fsp3) is 1.00. The highest BCUT2D eigenvalue weighted by Crippen LogP contribution is 2.38. The quantitative estimate of drug-likeness (QED) is 0.722. The Hall–Kier alpha value is -0.0800. The van der Waals surface area contributed by atoms with Crippen molar-refractivity contribution in [3.8, 4) is 0 Å². The van der Waals surface area contributed by atoms with Crippen molar-refractivity contribution in [2.24, 2.45) is 5.92 Å². The van der Waals surface area contributed by atoms with E-state index < -0.39 is 0 Å². The molecule has 1 atom stereocenters. The van der Waals surface area contributed by atoms with Gasteiger partial charge in [0.25, 0.3) is 0 Å². The largest absolute Gasteiger partial charge is 0.369 e. The summed E-state index contributed by atoms with van der Waals surface area (Å²) in [6.07, 6.45) is 5.55. The molecule has 1 aliphatic heterocycles. The number of morpholine rings is 1. The van der Waals surface area contributed by atoms with Crippen LogP contribution in [-0.4, -0.2) is 24.8 Å². The van der Waals surface area contributed by atoms with Crippen molar-refractivity contribution in [2.45, 2.75) is 51.2 Å². The first-order valence-electron chi connectivity index (χ1n) is 5.68. The van der Waals surface area contributed by atoms with Crippen LogP contribution in [0.3, 0.4) is 0 Å². The van der Waals surface area contributed by atoms with E-state index in [0.29, 0.717) is 6.10 Å². The predicted octanol–water partition coefficient (Wildman–Crippen LogP) is 1.94. The highest BCUT2D eigenvalue weighted by molar-refractivity contribution is 4.93. The standard InChI is InChI=1S/C11H21NO/c1-3-11(4-2)8-12-7-10(13-11)9-5-6-9/h9-10,12H,3-8H2,1-2H3. The van der Waals surface area contributed by atoms with E-state index in [1.807, 2.05) is 0 Å². The Morgan fingerprint density at radius 2 is 2.00 bits per heavy atom. The molecule has 0 amide bonds. The van der Waals surface area contributed by atoms with Crippen molar-refractivity contribution < 1.29 is 4.74 Å². The number of rotatable bonds is 3. The fourth-order valence-corrected chi connectivity index (χ4v) is 2.24. The Morgan fingerprint density at radius 3 is 2.54 bits per heavy atom. The van der Waals surface area contributed by atoms with Gasteiger partial charge in [-0.3, -0.25) is 0 Å². The van der Waals surface area contributed by atoms with Crippen molar-refractivity contribution in [1.82, 2.24) is 5.32 Å². The normalized spacial score (nSPS) is 33.2. The molecule has 0 aromatic rings. The van der Waals surface area contributed by atoms with Gasteiger partial charge in [0.05, 0.1) is 11.7 Å². The molecule has 0 aromatic heterocycles. The molecule has 0 spiro atoms. The molecule has 1 heterocycles. The smallest absolute Gasteiger partial charge is 0.0805 e. The zero-order chi connectivity index (χ0) is 9.31. The fourth-order valence-electron chi connectivity index (χ4n) is 2.24. The second-order valence-corrected chi connectivity index (χ2v) is 4.51. The Bertz CT molecular complexity index is 173. The number of hydrogen-bond donors (Lipinski definition) is 1. The van der Waals surface area contributed by atoms with Gasteiger partial charge in [0.1, 0.15) is 0 Å². The van der Waals surface area contributed by atoms with Crippen molar-refractivity contribution in [2.75, 3.05) is 13.1 Å². The topological polar surface area (TPSA) is 21.3 Å². The number of ether oxygens (including phenoxy) is 1. The Kier molecular flexibility index (Phi) is 2.61. The zero-order valence-corrected chi connectivity index (χ0v) is 8.81. The minimum Gasteiger partial charge on any atom is -0.369 e. The summed E-state index contributed by atoms with van der Waals surface area (Å²) in [6, 6.07) is 0. The van der Waals surface area contributed by atoms with Crippen molar-refractivity contribution in [3.63, 3.8) is 0 Å². The molecule has 0 radical (unpaired) electrons. The van der Waals surface area contributed by atoms with E-state index in [2.05, 4.69) is 19.2 Å². The summed E-state index contributed by atoms with van der Waals surface area (Å²) in [6.45, 7) is 6.59. The lowest BCUT2D eigenvalue weighted by Gasteiger charge is -2.41. The van der Waals surface area contributed by atoms with Crippen molar-refractivity contribution in [3.05, 3.63) is 0 Å². The minimum atomic E-state index is 0.144. The summed E-state index contributed by atoms with van der Waals surface area (Å²) in [5.41, 5.74) is 0.144. The second kappa shape index (κ2) is 3.58. The van der Waals surface area contributed by atoms with Crippen LogP contribution < -0.4 is 5.32 Å². The van der Waals surface area contributed by atoms with Gasteiger partial charge in [0.15, 0.2) is 0 Å². The number of hydrogen-bond acceptors (Lipinski definition) is 2. The molecule has 1 unspecified atom stereocenters. The summed E-state index contributed by atoms with van der Waals surface area (Å²) < 4.78 is 6.23. The van der Waals surface area contributed by atoms with Crippen molar-refractivity contribution >= 4 is 0 Å². The Morgan fingerprint density at radius 1 is 1.31 bits per heavy atom. The first-order valence-corrected chi connectivity index (χ1v) is 5.68. The average molecular weight is 183 g/mol. The lowest BCUT2D eigenvalue weighted by Crippen LogP contribution is -2.53. The second-order valence-electron chi connectivity index (χ2n) is 4.51. The minimum absolute atomic E-state index is 0.144. The molecule has 1 saturated heterocycles. The van der Waals surface area contributed by atoms with Gasteiger partial charge in [-0.15, -0.1) is 0 Å². The van der Waals surface area contributed by atoms with E-state index in [0.717, 1.165) is 31.8 Å². The van der Waals surface area contributed by atoms with Crippen LogP contribution >= 0.6 is 0 Å². The zero-order valence-electron chi connectivity index (χ0n) is 8.81. The molecule has 2 fully saturated rings. The van der Waals surface area contributed by atoms with Gasteiger partial charge in [-0.1, -0.05) is 13.8 Å². The predicted molar refractivity (Wildman–Crippen MR) is 53.8 cm³/mol. The van der Waals surface area contributed by atoms with Crippen LogP contribution in [0.1, 0.15) is 39.5 Å². The summed E-state index contributed by atoms with van der Waals surface area (Å²) in [4.78, 5) is 0. The highest BCUT2D eigenvalue weighted by Gasteiger charge is 2.40. The Balaban J connectivity index is 1.96. The average Bonchev–Trinajstić information content (AvgIpc) is 3.01. The van der Waals surface area contributed by atoms with Gasteiger partial charge >= 0.3 is 0 Å². The van der Waals surface area contributed by atoms with E-state index in [4.69, 9.17) is 4.74 Å². The van der Waals surface area contributed by atoms with Gasteiger partial charge in [0, 0.05) is 13.1 Å². The van der Waals surface area contributed by atoms with E-state index in [-0.39, 0.29) is 5.60 Å². The molecule has 2 rings (SSSR count). The summed E-state index contributed by atoms with van der Waals surface area (Å²) >= 11 is 0. The highest BCUT2D eigenvalue weighted by atomic mass is 16.5. The lowest BCUT2D eigenvalue weighted by molar-refractivity contribution is -0.127. The summed E-state index contributed by atoms with van der Waals surface area (Å²) in [5.74, 6) is 0.866. The molecule has 1 saturated carbocycles. The van der Waals surface area contributed by atoms with Crippen LogP contribution in [0.25, 0.3) is 0 Å². The third kappa shape index (κ3) is 1.89. The summed E-state index contributed by atoms with van der Waals surface area (Å²) in [5, 5.41) is 3.52. The maximum absolute atomic E-state index is 6.23. The third-order valence-electron chi connectivity index (χ3n) is 3.63. The van der Waals surface area contributed by atoms with Crippen LogP contribution in [0.5, 0.6) is 0 Å². The number of nitrogens with one attached hydrogen (secondary N) is 1. The van der Waals surface area contributed by atoms with E-state index in [1.54, 1.807) is 0 Å². The van der Waals surface area contributed by atoms with E-state index in [1.165, 1.54) is 12.8 Å². The van der Waals surface area contributed by atoms with Crippen molar-refractivity contribution in [1.29, 1.82) is 0 Å².